The van der Waals surface area contributed by atoms with E-state index in [1.165, 1.54) is 17.5 Å². The van der Waals surface area contributed by atoms with E-state index < -0.39 is 5.60 Å². The highest BCUT2D eigenvalue weighted by Crippen LogP contribution is 2.46. The van der Waals surface area contributed by atoms with E-state index in [1.54, 1.807) is 0 Å². The average Bonchev–Trinajstić information content (AvgIpc) is 2.37. The molecule has 2 atom stereocenters. The zero-order valence-corrected chi connectivity index (χ0v) is 12.7. The van der Waals surface area contributed by atoms with E-state index in [0.29, 0.717) is 0 Å². The van der Waals surface area contributed by atoms with Crippen molar-refractivity contribution in [3.63, 3.8) is 0 Å². The fraction of sp³-hybridized carbons (Fsp3) is 0.667. The number of ether oxygens (including phenoxy) is 1. The van der Waals surface area contributed by atoms with Gasteiger partial charge < -0.3 is 9.84 Å². The van der Waals surface area contributed by atoms with Crippen LogP contribution in [0, 0.1) is 5.41 Å². The molecule has 3 rings (SSSR count). The summed E-state index contributed by atoms with van der Waals surface area (Å²) in [6.07, 6.45) is 5.96. The number of rotatable bonds is 2. The zero-order valence-electron chi connectivity index (χ0n) is 12.7. The van der Waals surface area contributed by atoms with Gasteiger partial charge in [0.05, 0.1) is 18.3 Å². The van der Waals surface area contributed by atoms with Crippen LogP contribution in [0.5, 0.6) is 0 Å². The van der Waals surface area contributed by atoms with Gasteiger partial charge in [-0.15, -0.1) is 0 Å². The first-order valence-electron chi connectivity index (χ1n) is 7.89. The first-order valence-corrected chi connectivity index (χ1v) is 7.89. The van der Waals surface area contributed by atoms with Crippen molar-refractivity contribution < 1.29 is 9.84 Å². The Kier molecular flexibility index (Phi) is 3.64. The molecule has 110 valence electrons. The van der Waals surface area contributed by atoms with Crippen LogP contribution in [0.25, 0.3) is 0 Å². The Bertz CT molecular complexity index is 480. The predicted octanol–water partition coefficient (Wildman–Crippen LogP) is 4.02. The molecule has 0 bridgehead atoms. The van der Waals surface area contributed by atoms with Crippen LogP contribution in [0.3, 0.4) is 0 Å². The molecule has 20 heavy (non-hydrogen) atoms. The average molecular weight is 274 g/mol. The summed E-state index contributed by atoms with van der Waals surface area (Å²) in [6.45, 7) is 5.32. The lowest BCUT2D eigenvalue weighted by atomic mass is 9.67. The van der Waals surface area contributed by atoms with Crippen LogP contribution in [0.2, 0.25) is 0 Å². The SMILES string of the molecule is CC1(C)CCCC(O)(CC2OCCc3ccccc32)C1. The lowest BCUT2D eigenvalue weighted by Crippen LogP contribution is -2.41. The molecule has 0 saturated heterocycles. The van der Waals surface area contributed by atoms with Crippen LogP contribution >= 0.6 is 0 Å². The smallest absolute Gasteiger partial charge is 0.0855 e. The number of hydrogen-bond acceptors (Lipinski definition) is 2. The molecule has 1 saturated carbocycles. The minimum atomic E-state index is -0.559. The van der Waals surface area contributed by atoms with E-state index in [9.17, 15) is 5.11 Å². The highest BCUT2D eigenvalue weighted by molar-refractivity contribution is 5.31. The normalized spacial score (nSPS) is 32.6. The number of benzene rings is 1. The third-order valence-corrected chi connectivity index (χ3v) is 4.96. The van der Waals surface area contributed by atoms with Gasteiger partial charge in [-0.05, 0) is 42.2 Å². The lowest BCUT2D eigenvalue weighted by Gasteiger charge is -2.43. The third kappa shape index (κ3) is 2.91. The first kappa shape index (κ1) is 14.1. The van der Waals surface area contributed by atoms with E-state index in [4.69, 9.17) is 4.74 Å². The minimum absolute atomic E-state index is 0.0684. The summed E-state index contributed by atoms with van der Waals surface area (Å²) in [5, 5.41) is 11.0. The van der Waals surface area contributed by atoms with Gasteiger partial charge in [0.2, 0.25) is 0 Å². The maximum Gasteiger partial charge on any atom is 0.0855 e. The van der Waals surface area contributed by atoms with Gasteiger partial charge in [-0.3, -0.25) is 0 Å². The van der Waals surface area contributed by atoms with Gasteiger partial charge in [0.1, 0.15) is 0 Å². The maximum absolute atomic E-state index is 11.0. The van der Waals surface area contributed by atoms with Crippen molar-refractivity contribution >= 4 is 0 Å². The molecule has 0 radical (unpaired) electrons. The Morgan fingerprint density at radius 3 is 2.85 bits per heavy atom. The summed E-state index contributed by atoms with van der Waals surface area (Å²) in [5.74, 6) is 0. The van der Waals surface area contributed by atoms with E-state index in [1.807, 2.05) is 0 Å². The first-order chi connectivity index (χ1) is 9.48. The second-order valence-corrected chi connectivity index (χ2v) is 7.43. The van der Waals surface area contributed by atoms with E-state index >= 15 is 0 Å². The van der Waals surface area contributed by atoms with Crippen molar-refractivity contribution in [1.82, 2.24) is 0 Å². The molecular formula is C18H26O2. The molecule has 0 aromatic heterocycles. The Hall–Kier alpha value is -0.860. The van der Waals surface area contributed by atoms with Crippen molar-refractivity contribution in [2.45, 2.75) is 64.1 Å². The molecule has 2 heteroatoms. The van der Waals surface area contributed by atoms with Crippen molar-refractivity contribution in [3.8, 4) is 0 Å². The van der Waals surface area contributed by atoms with Gasteiger partial charge in [-0.1, -0.05) is 44.5 Å². The Labute approximate surface area is 122 Å². The number of hydrogen-bond donors (Lipinski definition) is 1. The Morgan fingerprint density at radius 2 is 2.05 bits per heavy atom. The fourth-order valence-corrected chi connectivity index (χ4v) is 4.13. The van der Waals surface area contributed by atoms with Crippen LogP contribution in [-0.2, 0) is 11.2 Å². The fourth-order valence-electron chi connectivity index (χ4n) is 4.13. The van der Waals surface area contributed by atoms with Crippen molar-refractivity contribution in [3.05, 3.63) is 35.4 Å². The van der Waals surface area contributed by atoms with Gasteiger partial charge in [0.15, 0.2) is 0 Å². The molecule has 2 unspecified atom stereocenters. The molecular weight excluding hydrogens is 248 g/mol. The molecule has 1 aliphatic carbocycles. The predicted molar refractivity (Wildman–Crippen MR) is 80.7 cm³/mol. The van der Waals surface area contributed by atoms with Gasteiger partial charge in [-0.2, -0.15) is 0 Å². The summed E-state index contributed by atoms with van der Waals surface area (Å²) in [6, 6.07) is 8.53. The van der Waals surface area contributed by atoms with Gasteiger partial charge in [-0.25, -0.2) is 0 Å². The molecule has 1 aliphatic heterocycles. The monoisotopic (exact) mass is 274 g/mol. The molecule has 0 amide bonds. The minimum Gasteiger partial charge on any atom is -0.390 e. The topological polar surface area (TPSA) is 29.5 Å². The van der Waals surface area contributed by atoms with Gasteiger partial charge in [0, 0.05) is 6.42 Å². The second-order valence-electron chi connectivity index (χ2n) is 7.43. The summed E-state index contributed by atoms with van der Waals surface area (Å²) >= 11 is 0. The summed E-state index contributed by atoms with van der Waals surface area (Å²) in [5.41, 5.74) is 2.37. The molecule has 2 nitrogen and oxygen atoms in total. The van der Waals surface area contributed by atoms with E-state index in [0.717, 1.165) is 38.7 Å². The van der Waals surface area contributed by atoms with E-state index in [-0.39, 0.29) is 11.5 Å². The quantitative estimate of drug-likeness (QED) is 0.882. The van der Waals surface area contributed by atoms with Crippen molar-refractivity contribution in [2.24, 2.45) is 5.41 Å². The zero-order chi connectivity index (χ0) is 14.2. The lowest BCUT2D eigenvalue weighted by molar-refractivity contribution is -0.0876. The standard InChI is InChI=1S/C18H26O2/c1-17(2)9-5-10-18(19,13-17)12-16-15-7-4-3-6-14(15)8-11-20-16/h3-4,6-7,16,19H,5,8-13H2,1-2H3. The highest BCUT2D eigenvalue weighted by atomic mass is 16.5. The van der Waals surface area contributed by atoms with Gasteiger partial charge in [0.25, 0.3) is 0 Å². The highest BCUT2D eigenvalue weighted by Gasteiger charge is 2.41. The molecule has 1 fully saturated rings. The maximum atomic E-state index is 11.0. The van der Waals surface area contributed by atoms with Crippen LogP contribution in [-0.4, -0.2) is 17.3 Å². The Morgan fingerprint density at radius 1 is 1.25 bits per heavy atom. The van der Waals surface area contributed by atoms with Gasteiger partial charge >= 0.3 is 0 Å². The van der Waals surface area contributed by atoms with Crippen molar-refractivity contribution in [1.29, 1.82) is 0 Å². The van der Waals surface area contributed by atoms with Crippen LogP contribution in [0.1, 0.15) is 63.2 Å². The van der Waals surface area contributed by atoms with Crippen LogP contribution in [0.15, 0.2) is 24.3 Å². The molecule has 2 aliphatic rings. The molecule has 0 spiro atoms. The largest absolute Gasteiger partial charge is 0.390 e. The van der Waals surface area contributed by atoms with Crippen molar-refractivity contribution in [2.75, 3.05) is 6.61 Å². The molecule has 1 aromatic rings. The second kappa shape index (κ2) is 5.16. The summed E-state index contributed by atoms with van der Waals surface area (Å²) in [7, 11) is 0. The number of aliphatic hydroxyl groups is 1. The molecule has 1 N–H and O–H groups in total. The molecule has 1 aromatic carbocycles. The summed E-state index contributed by atoms with van der Waals surface area (Å²) < 4.78 is 5.98. The number of fused-ring (bicyclic) bond motifs is 1. The summed E-state index contributed by atoms with van der Waals surface area (Å²) in [4.78, 5) is 0. The Balaban J connectivity index is 1.78. The van der Waals surface area contributed by atoms with Crippen LogP contribution < -0.4 is 0 Å². The van der Waals surface area contributed by atoms with E-state index in [2.05, 4.69) is 38.1 Å². The molecule has 1 heterocycles. The third-order valence-electron chi connectivity index (χ3n) is 4.96. The van der Waals surface area contributed by atoms with Crippen LogP contribution in [0.4, 0.5) is 0 Å².